The summed E-state index contributed by atoms with van der Waals surface area (Å²) in [5.41, 5.74) is 1.99. The molecule has 0 fully saturated rings. The van der Waals surface area contributed by atoms with Crippen molar-refractivity contribution in [2.75, 3.05) is 11.9 Å². The summed E-state index contributed by atoms with van der Waals surface area (Å²) in [7, 11) is 0. The van der Waals surface area contributed by atoms with Gasteiger partial charge < -0.3 is 10.1 Å². The fourth-order valence-corrected chi connectivity index (χ4v) is 3.08. The first-order valence-electron chi connectivity index (χ1n) is 8.42. The van der Waals surface area contributed by atoms with E-state index in [0.29, 0.717) is 23.1 Å². The van der Waals surface area contributed by atoms with E-state index < -0.39 is 11.8 Å². The van der Waals surface area contributed by atoms with Crippen LogP contribution in [0.15, 0.2) is 41.9 Å². The van der Waals surface area contributed by atoms with E-state index in [4.69, 9.17) is 4.74 Å². The molecule has 0 aliphatic heterocycles. The summed E-state index contributed by atoms with van der Waals surface area (Å²) in [5, 5.41) is 5.51. The Bertz CT molecular complexity index is 852. The van der Waals surface area contributed by atoms with Crippen molar-refractivity contribution in [2.45, 2.75) is 26.2 Å². The number of halogens is 2. The fourth-order valence-electron chi connectivity index (χ4n) is 2.34. The summed E-state index contributed by atoms with van der Waals surface area (Å²) in [4.78, 5) is 8.04. The van der Waals surface area contributed by atoms with Gasteiger partial charge in [0, 0.05) is 28.9 Å². The Morgan fingerprint density at radius 1 is 1.15 bits per heavy atom. The van der Waals surface area contributed by atoms with E-state index in [2.05, 4.69) is 22.2 Å². The zero-order valence-electron chi connectivity index (χ0n) is 14.3. The van der Waals surface area contributed by atoms with E-state index in [9.17, 15) is 8.78 Å². The highest BCUT2D eigenvalue weighted by Crippen LogP contribution is 2.28. The van der Waals surface area contributed by atoms with Crippen molar-refractivity contribution in [1.29, 1.82) is 0 Å². The number of hydrogen-bond donors (Lipinski definition) is 1. The lowest BCUT2D eigenvalue weighted by atomic mass is 10.2. The number of ether oxygens (including phenoxy) is 1. The molecule has 0 radical (unpaired) electrons. The van der Waals surface area contributed by atoms with Crippen LogP contribution in [-0.2, 0) is 0 Å². The quantitative estimate of drug-likeness (QED) is 0.399. The van der Waals surface area contributed by atoms with Crippen molar-refractivity contribution >= 4 is 22.2 Å². The van der Waals surface area contributed by atoms with Crippen LogP contribution in [0.4, 0.5) is 19.6 Å². The third-order valence-corrected chi connectivity index (χ3v) is 4.47. The van der Waals surface area contributed by atoms with Gasteiger partial charge in [0.15, 0.2) is 16.7 Å². The smallest absolute Gasteiger partial charge is 0.212 e. The number of aromatic nitrogens is 2. The number of rotatable bonds is 8. The van der Waals surface area contributed by atoms with Gasteiger partial charge in [-0.25, -0.2) is 14.4 Å². The van der Waals surface area contributed by atoms with Gasteiger partial charge in [-0.05, 0) is 30.7 Å². The van der Waals surface area contributed by atoms with Crippen molar-refractivity contribution in [1.82, 2.24) is 9.97 Å². The van der Waals surface area contributed by atoms with Crippen LogP contribution < -0.4 is 10.1 Å². The third kappa shape index (κ3) is 4.76. The molecule has 3 rings (SSSR count). The topological polar surface area (TPSA) is 47.0 Å². The average molecular weight is 375 g/mol. The Balaban J connectivity index is 1.64. The zero-order chi connectivity index (χ0) is 18.4. The van der Waals surface area contributed by atoms with E-state index in [-0.39, 0.29) is 5.75 Å². The summed E-state index contributed by atoms with van der Waals surface area (Å²) in [6.45, 7) is 2.62. The zero-order valence-corrected chi connectivity index (χ0v) is 15.2. The summed E-state index contributed by atoms with van der Waals surface area (Å²) < 4.78 is 32.5. The molecule has 0 spiro atoms. The first kappa shape index (κ1) is 18.3. The molecule has 2 aromatic heterocycles. The van der Waals surface area contributed by atoms with Crippen LogP contribution >= 0.6 is 11.3 Å². The first-order chi connectivity index (χ1) is 12.7. The summed E-state index contributed by atoms with van der Waals surface area (Å²) >= 11 is 1.38. The van der Waals surface area contributed by atoms with Gasteiger partial charge in [-0.1, -0.05) is 19.8 Å². The maximum Gasteiger partial charge on any atom is 0.212 e. The predicted octanol–water partition coefficient (Wildman–Crippen LogP) is 5.80. The second-order valence-corrected chi connectivity index (χ2v) is 6.59. The molecule has 1 N–H and O–H groups in total. The van der Waals surface area contributed by atoms with E-state index in [1.807, 2.05) is 5.38 Å². The number of hydrogen-bond acceptors (Lipinski definition) is 5. The molecule has 0 amide bonds. The van der Waals surface area contributed by atoms with Crippen molar-refractivity contribution in [3.8, 4) is 17.0 Å². The lowest BCUT2D eigenvalue weighted by molar-refractivity contribution is 0.291. The molecule has 0 bridgehead atoms. The van der Waals surface area contributed by atoms with Gasteiger partial charge in [0.2, 0.25) is 5.95 Å². The normalized spacial score (nSPS) is 10.7. The Hall–Kier alpha value is -2.54. The van der Waals surface area contributed by atoms with Gasteiger partial charge in [0.25, 0.3) is 0 Å². The molecule has 0 unspecified atom stereocenters. The van der Waals surface area contributed by atoms with E-state index in [1.165, 1.54) is 29.7 Å². The van der Waals surface area contributed by atoms with E-state index in [0.717, 1.165) is 24.8 Å². The maximum absolute atomic E-state index is 14.1. The number of nitrogens with zero attached hydrogens (tertiary/aromatic N) is 2. The molecule has 0 saturated heterocycles. The molecule has 0 aliphatic rings. The summed E-state index contributed by atoms with van der Waals surface area (Å²) in [6.07, 6.45) is 4.50. The second-order valence-electron chi connectivity index (χ2n) is 5.73. The molecular weight excluding hydrogens is 356 g/mol. The molecular formula is C19H19F2N3OS. The number of benzene rings is 1. The van der Waals surface area contributed by atoms with Gasteiger partial charge in [-0.2, -0.15) is 4.39 Å². The fraction of sp³-hybridized carbons (Fsp3) is 0.263. The van der Waals surface area contributed by atoms with Crippen LogP contribution in [0, 0.1) is 11.8 Å². The molecule has 4 nitrogen and oxygen atoms in total. The first-order valence-corrected chi connectivity index (χ1v) is 9.30. The SMILES string of the molecule is CCCCCOc1ccc(Nc2nc(-c3ccc(F)nc3)cs2)cc1F. The van der Waals surface area contributed by atoms with Crippen molar-refractivity contribution < 1.29 is 13.5 Å². The molecule has 0 atom stereocenters. The van der Waals surface area contributed by atoms with Crippen LogP contribution in [0.5, 0.6) is 5.75 Å². The van der Waals surface area contributed by atoms with Crippen LogP contribution in [0.2, 0.25) is 0 Å². The standard InChI is InChI=1S/C19H19F2N3OS/c1-2-3-4-9-25-17-7-6-14(10-15(17)20)23-19-24-16(12-26-19)13-5-8-18(21)22-11-13/h5-8,10-12H,2-4,9H2,1H3,(H,23,24). The van der Waals surface area contributed by atoms with Crippen LogP contribution in [0.25, 0.3) is 11.3 Å². The molecule has 2 heterocycles. The molecule has 136 valence electrons. The molecule has 1 aromatic carbocycles. The average Bonchev–Trinajstić information content (AvgIpc) is 3.09. The van der Waals surface area contributed by atoms with Crippen molar-refractivity contribution in [3.63, 3.8) is 0 Å². The van der Waals surface area contributed by atoms with Crippen molar-refractivity contribution in [3.05, 3.63) is 53.7 Å². The Morgan fingerprint density at radius 3 is 2.77 bits per heavy atom. The largest absolute Gasteiger partial charge is 0.491 e. The maximum atomic E-state index is 14.1. The Morgan fingerprint density at radius 2 is 2.04 bits per heavy atom. The third-order valence-electron chi connectivity index (χ3n) is 3.72. The molecule has 0 aliphatic carbocycles. The Labute approximate surface area is 154 Å². The minimum Gasteiger partial charge on any atom is -0.491 e. The summed E-state index contributed by atoms with van der Waals surface area (Å²) in [5.74, 6) is -0.690. The molecule has 26 heavy (non-hydrogen) atoms. The second kappa shape index (κ2) is 8.71. The van der Waals surface area contributed by atoms with E-state index in [1.54, 1.807) is 18.2 Å². The number of thiazole rings is 1. The monoisotopic (exact) mass is 375 g/mol. The molecule has 3 aromatic rings. The van der Waals surface area contributed by atoms with Crippen LogP contribution in [0.1, 0.15) is 26.2 Å². The van der Waals surface area contributed by atoms with Gasteiger partial charge in [-0.3, -0.25) is 0 Å². The highest BCUT2D eigenvalue weighted by molar-refractivity contribution is 7.14. The highest BCUT2D eigenvalue weighted by Gasteiger charge is 2.08. The number of nitrogens with one attached hydrogen (secondary N) is 1. The van der Waals surface area contributed by atoms with Gasteiger partial charge in [-0.15, -0.1) is 11.3 Å². The molecule has 7 heteroatoms. The highest BCUT2D eigenvalue weighted by atomic mass is 32.1. The lowest BCUT2D eigenvalue weighted by Crippen LogP contribution is -2.00. The minimum atomic E-state index is -0.533. The summed E-state index contributed by atoms with van der Waals surface area (Å²) in [6, 6.07) is 7.65. The van der Waals surface area contributed by atoms with Crippen LogP contribution in [0.3, 0.4) is 0 Å². The Kier molecular flexibility index (Phi) is 6.12. The number of anilines is 2. The van der Waals surface area contributed by atoms with Crippen molar-refractivity contribution in [2.24, 2.45) is 0 Å². The number of unbranched alkanes of at least 4 members (excludes halogenated alkanes) is 2. The minimum absolute atomic E-state index is 0.254. The predicted molar refractivity (Wildman–Crippen MR) is 100 cm³/mol. The molecule has 0 saturated carbocycles. The lowest BCUT2D eigenvalue weighted by Gasteiger charge is -2.09. The van der Waals surface area contributed by atoms with E-state index >= 15 is 0 Å². The van der Waals surface area contributed by atoms with Gasteiger partial charge in [0.05, 0.1) is 12.3 Å². The van der Waals surface area contributed by atoms with Gasteiger partial charge in [0.1, 0.15) is 0 Å². The van der Waals surface area contributed by atoms with Crippen LogP contribution in [-0.4, -0.2) is 16.6 Å². The van der Waals surface area contributed by atoms with Gasteiger partial charge >= 0.3 is 0 Å². The number of pyridine rings is 1.